The predicted octanol–water partition coefficient (Wildman–Crippen LogP) is 9.19. The van der Waals surface area contributed by atoms with E-state index in [2.05, 4.69) is 87.0 Å². The van der Waals surface area contributed by atoms with Crippen LogP contribution < -0.4 is 5.73 Å². The molecule has 0 bridgehead atoms. The van der Waals surface area contributed by atoms with Crippen LogP contribution >= 0.6 is 23.3 Å². The largest absolute Gasteiger partial charge is 0.399 e. The first-order valence-corrected chi connectivity index (χ1v) is 15.3. The Morgan fingerprint density at radius 2 is 1.57 bits per heavy atom. The molecule has 3 nitrogen and oxygen atoms in total. The van der Waals surface area contributed by atoms with Crippen LogP contribution in [0.1, 0.15) is 69.0 Å². The molecule has 2 aromatic carbocycles. The number of anilines is 1. The Morgan fingerprint density at radius 3 is 2.08 bits per heavy atom. The van der Waals surface area contributed by atoms with E-state index in [-0.39, 0.29) is 0 Å². The molecular weight excluding hydrogens is 491 g/mol. The summed E-state index contributed by atoms with van der Waals surface area (Å²) in [7, 11) is 0. The van der Waals surface area contributed by atoms with Gasteiger partial charge in [0.05, 0.1) is 5.71 Å². The molecule has 1 aliphatic rings. The Morgan fingerprint density at radius 1 is 0.946 bits per heavy atom. The molecule has 4 rings (SSSR count). The number of aliphatic imine (C=N–C) groups is 1. The van der Waals surface area contributed by atoms with Crippen molar-refractivity contribution in [3.8, 4) is 0 Å². The summed E-state index contributed by atoms with van der Waals surface area (Å²) in [5.41, 5.74) is 14.2. The smallest absolute Gasteiger partial charge is 0.0619 e. The Hall–Kier alpha value is -2.34. The van der Waals surface area contributed by atoms with Crippen LogP contribution in [0, 0.1) is 12.8 Å². The van der Waals surface area contributed by atoms with Crippen molar-refractivity contribution < 1.29 is 0 Å². The van der Waals surface area contributed by atoms with E-state index in [1.54, 1.807) is 11.3 Å². The number of rotatable bonds is 8. The van der Waals surface area contributed by atoms with Crippen LogP contribution in [-0.4, -0.2) is 22.8 Å². The molecule has 0 atom stereocenters. The van der Waals surface area contributed by atoms with Gasteiger partial charge in [-0.25, -0.2) is 4.31 Å². The van der Waals surface area contributed by atoms with Crippen LogP contribution in [0.25, 0.3) is 0 Å². The summed E-state index contributed by atoms with van der Waals surface area (Å²) in [4.78, 5) is 6.22. The Kier molecular flexibility index (Phi) is 13.8. The lowest BCUT2D eigenvalue weighted by Gasteiger charge is -2.16. The first kappa shape index (κ1) is 30.9. The van der Waals surface area contributed by atoms with E-state index < -0.39 is 0 Å². The standard InChI is InChI=1S/C21H26N2S2.C7H9N.C4H10/c1-4-23(24-3)15-18-9-7-17(8-10-18)11-12-19-16(2)14-20(22-19)21-6-5-13-25-21;1-6-2-4-7(8)5-3-6;1-4(2)3/h5-10,13H,4,11-12,14-15H2,1-3H3;2-5H,8H2,1H3;4H,1-3H3. The van der Waals surface area contributed by atoms with Crippen molar-refractivity contribution in [1.29, 1.82) is 0 Å². The number of nitrogens with zero attached hydrogens (tertiary/aromatic N) is 2. The molecule has 2 heterocycles. The summed E-state index contributed by atoms with van der Waals surface area (Å²) in [5.74, 6) is 0.833. The molecule has 0 radical (unpaired) electrons. The number of thiophene rings is 1. The highest BCUT2D eigenvalue weighted by Crippen LogP contribution is 2.28. The second-order valence-electron chi connectivity index (χ2n) is 10.0. The van der Waals surface area contributed by atoms with Gasteiger partial charge >= 0.3 is 0 Å². The van der Waals surface area contributed by atoms with E-state index in [4.69, 9.17) is 10.7 Å². The fraction of sp³-hybridized carbons (Fsp3) is 0.406. The minimum absolute atomic E-state index is 0.829. The van der Waals surface area contributed by atoms with Crippen molar-refractivity contribution in [1.82, 2.24) is 4.31 Å². The van der Waals surface area contributed by atoms with Crippen molar-refractivity contribution in [2.45, 2.75) is 67.3 Å². The Balaban J connectivity index is 0.000000331. The molecule has 0 spiro atoms. The van der Waals surface area contributed by atoms with E-state index >= 15 is 0 Å². The molecule has 0 aliphatic carbocycles. The summed E-state index contributed by atoms with van der Waals surface area (Å²) in [5, 5.41) is 2.13. The van der Waals surface area contributed by atoms with Crippen molar-refractivity contribution in [3.63, 3.8) is 0 Å². The summed E-state index contributed by atoms with van der Waals surface area (Å²) < 4.78 is 2.36. The van der Waals surface area contributed by atoms with Crippen molar-refractivity contribution >= 4 is 34.7 Å². The highest BCUT2D eigenvalue weighted by molar-refractivity contribution is 7.96. The minimum Gasteiger partial charge on any atom is -0.399 e. The van der Waals surface area contributed by atoms with Crippen LogP contribution in [0.2, 0.25) is 0 Å². The van der Waals surface area contributed by atoms with Crippen LogP contribution in [0.4, 0.5) is 5.69 Å². The maximum Gasteiger partial charge on any atom is 0.0619 e. The maximum atomic E-state index is 5.43. The Labute approximate surface area is 234 Å². The molecule has 1 aliphatic heterocycles. The van der Waals surface area contributed by atoms with Gasteiger partial charge in [-0.15, -0.1) is 11.3 Å². The van der Waals surface area contributed by atoms with E-state index in [9.17, 15) is 0 Å². The van der Waals surface area contributed by atoms with Gasteiger partial charge in [0.15, 0.2) is 0 Å². The third-order valence-corrected chi connectivity index (χ3v) is 7.54. The first-order chi connectivity index (χ1) is 17.7. The zero-order valence-corrected chi connectivity index (χ0v) is 25.4. The first-order valence-electron chi connectivity index (χ1n) is 13.2. The lowest BCUT2D eigenvalue weighted by molar-refractivity contribution is 0.494. The van der Waals surface area contributed by atoms with Gasteiger partial charge in [0.1, 0.15) is 0 Å². The second-order valence-corrected chi connectivity index (χ2v) is 11.9. The minimum atomic E-state index is 0.829. The molecule has 3 aromatic rings. The number of aryl methyl sites for hydroxylation is 2. The van der Waals surface area contributed by atoms with Gasteiger partial charge in [0, 0.05) is 35.8 Å². The van der Waals surface area contributed by atoms with Crippen molar-refractivity contribution in [2.75, 3.05) is 18.5 Å². The lowest BCUT2D eigenvalue weighted by atomic mass is 10.0. The normalized spacial score (nSPS) is 12.7. The number of allylic oxidation sites excluding steroid dienone is 2. The molecule has 1 aromatic heterocycles. The van der Waals surface area contributed by atoms with Gasteiger partial charge in [-0.3, -0.25) is 4.99 Å². The van der Waals surface area contributed by atoms with E-state index in [1.807, 2.05) is 43.1 Å². The van der Waals surface area contributed by atoms with E-state index in [1.165, 1.54) is 38.5 Å². The molecule has 5 heteroatoms. The molecule has 37 heavy (non-hydrogen) atoms. The van der Waals surface area contributed by atoms with Crippen molar-refractivity contribution in [2.24, 2.45) is 10.9 Å². The monoisotopic (exact) mass is 535 g/mol. The van der Waals surface area contributed by atoms with Gasteiger partial charge in [-0.2, -0.15) is 0 Å². The number of hydrogen-bond acceptors (Lipinski definition) is 5. The summed E-state index contributed by atoms with van der Waals surface area (Å²) >= 11 is 3.59. The number of nitrogen functional groups attached to an aromatic ring is 1. The molecule has 0 fully saturated rings. The number of hydrogen-bond donors (Lipinski definition) is 1. The average molecular weight is 536 g/mol. The molecule has 0 unspecified atom stereocenters. The fourth-order valence-electron chi connectivity index (χ4n) is 3.65. The van der Waals surface area contributed by atoms with Gasteiger partial charge < -0.3 is 5.73 Å². The zero-order valence-electron chi connectivity index (χ0n) is 23.8. The number of nitrogens with two attached hydrogens (primary N) is 1. The van der Waals surface area contributed by atoms with Crippen LogP contribution in [0.15, 0.2) is 82.3 Å². The second kappa shape index (κ2) is 16.5. The molecule has 0 saturated carbocycles. The third kappa shape index (κ3) is 11.7. The fourth-order valence-corrected chi connectivity index (χ4v) is 4.91. The Bertz CT molecular complexity index is 1070. The topological polar surface area (TPSA) is 41.6 Å². The highest BCUT2D eigenvalue weighted by atomic mass is 32.2. The van der Waals surface area contributed by atoms with Crippen molar-refractivity contribution in [3.05, 3.63) is 98.9 Å². The van der Waals surface area contributed by atoms with E-state index in [0.717, 1.165) is 44.0 Å². The third-order valence-electron chi connectivity index (χ3n) is 5.72. The SMILES string of the molecule is CC(C)C.CCN(Cc1ccc(CCC2=C(C)CC(c3cccs3)=N2)cc1)SC.Cc1ccc(N)cc1. The summed E-state index contributed by atoms with van der Waals surface area (Å²) in [6, 6.07) is 21.2. The van der Waals surface area contributed by atoms with Gasteiger partial charge in [-0.1, -0.05) is 87.7 Å². The summed E-state index contributed by atoms with van der Waals surface area (Å²) in [6.45, 7) is 15.1. The van der Waals surface area contributed by atoms with Gasteiger partial charge in [-0.05, 0) is 79.1 Å². The molecule has 200 valence electrons. The zero-order chi connectivity index (χ0) is 27.2. The average Bonchev–Trinajstić information content (AvgIpc) is 3.54. The molecule has 2 N–H and O–H groups in total. The lowest BCUT2D eigenvalue weighted by Crippen LogP contribution is -2.13. The van der Waals surface area contributed by atoms with Crippen LogP contribution in [0.3, 0.4) is 0 Å². The van der Waals surface area contributed by atoms with E-state index in [0.29, 0.717) is 0 Å². The number of benzene rings is 2. The van der Waals surface area contributed by atoms with Gasteiger partial charge in [0.25, 0.3) is 0 Å². The highest BCUT2D eigenvalue weighted by Gasteiger charge is 2.16. The predicted molar refractivity (Wildman–Crippen MR) is 169 cm³/mol. The molecular formula is C32H45N3S2. The quantitative estimate of drug-likeness (QED) is 0.231. The van der Waals surface area contributed by atoms with Crippen LogP contribution in [-0.2, 0) is 13.0 Å². The van der Waals surface area contributed by atoms with Gasteiger partial charge in [0.2, 0.25) is 0 Å². The maximum absolute atomic E-state index is 5.43. The summed E-state index contributed by atoms with van der Waals surface area (Å²) in [6.07, 6.45) is 5.25. The molecule has 0 saturated heterocycles. The molecule has 0 amide bonds. The van der Waals surface area contributed by atoms with Crippen LogP contribution in [0.5, 0.6) is 0 Å².